The highest BCUT2D eigenvalue weighted by molar-refractivity contribution is 5.93. The van der Waals surface area contributed by atoms with E-state index >= 15 is 0 Å². The first-order valence-corrected chi connectivity index (χ1v) is 6.67. The highest BCUT2D eigenvalue weighted by Crippen LogP contribution is 2.22. The number of benzene rings is 1. The maximum Gasteiger partial charge on any atom is 0.270 e. The summed E-state index contributed by atoms with van der Waals surface area (Å²) >= 11 is 0. The number of nitrogens with zero attached hydrogens (tertiary/aromatic N) is 1. The molecule has 110 valence electrons. The van der Waals surface area contributed by atoms with Crippen LogP contribution in [0.2, 0.25) is 0 Å². The first-order chi connectivity index (χ1) is 9.85. The number of aryl methyl sites for hydroxylation is 4. The van der Waals surface area contributed by atoms with Crippen LogP contribution in [0.25, 0.3) is 5.69 Å². The van der Waals surface area contributed by atoms with Crippen molar-refractivity contribution in [2.45, 2.75) is 27.7 Å². The molecule has 0 saturated heterocycles. The van der Waals surface area contributed by atoms with Gasteiger partial charge in [0.05, 0.1) is 5.69 Å². The van der Waals surface area contributed by atoms with Crippen molar-refractivity contribution in [2.75, 3.05) is 0 Å². The second-order valence-electron chi connectivity index (χ2n) is 5.28. The van der Waals surface area contributed by atoms with Crippen molar-refractivity contribution in [2.24, 2.45) is 5.84 Å². The van der Waals surface area contributed by atoms with Crippen LogP contribution in [0.4, 0.5) is 0 Å². The number of nitrogens with one attached hydrogen (secondary N) is 1. The molecule has 5 heteroatoms. The number of carbonyl (C=O) groups excluding carboxylic acids is 1. The molecule has 0 unspecified atom stereocenters. The van der Waals surface area contributed by atoms with Crippen LogP contribution in [0.1, 0.15) is 32.7 Å². The maximum absolute atomic E-state index is 11.9. The molecular weight excluding hydrogens is 266 g/mol. The van der Waals surface area contributed by atoms with Crippen LogP contribution < -0.4 is 16.7 Å². The molecule has 21 heavy (non-hydrogen) atoms. The molecule has 0 radical (unpaired) electrons. The number of amides is 1. The number of hydrogen-bond donors (Lipinski definition) is 2. The minimum Gasteiger partial charge on any atom is -0.320 e. The van der Waals surface area contributed by atoms with Gasteiger partial charge in [-0.2, -0.15) is 0 Å². The Morgan fingerprint density at radius 2 is 1.67 bits per heavy atom. The van der Waals surface area contributed by atoms with Crippen molar-refractivity contribution in [3.05, 3.63) is 62.6 Å². The van der Waals surface area contributed by atoms with E-state index in [4.69, 9.17) is 5.84 Å². The molecule has 0 spiro atoms. The van der Waals surface area contributed by atoms with Crippen molar-refractivity contribution in [3.63, 3.8) is 0 Å². The lowest BCUT2D eigenvalue weighted by Crippen LogP contribution is -2.34. The molecule has 1 amide bonds. The van der Waals surface area contributed by atoms with Crippen LogP contribution in [0.15, 0.2) is 29.2 Å². The minimum atomic E-state index is -0.587. The Bertz CT molecular complexity index is 753. The molecule has 0 aliphatic carbocycles. The highest BCUT2D eigenvalue weighted by atomic mass is 16.2. The Kier molecular flexibility index (Phi) is 3.95. The molecule has 0 bridgehead atoms. The van der Waals surface area contributed by atoms with E-state index in [1.54, 1.807) is 6.20 Å². The lowest BCUT2D eigenvalue weighted by atomic mass is 10.0. The van der Waals surface area contributed by atoms with Gasteiger partial charge < -0.3 is 4.57 Å². The van der Waals surface area contributed by atoms with E-state index in [-0.39, 0.29) is 11.0 Å². The van der Waals surface area contributed by atoms with Crippen molar-refractivity contribution >= 4 is 5.91 Å². The topological polar surface area (TPSA) is 77.1 Å². The van der Waals surface area contributed by atoms with Gasteiger partial charge >= 0.3 is 0 Å². The number of hydrogen-bond acceptors (Lipinski definition) is 3. The van der Waals surface area contributed by atoms with E-state index in [1.165, 1.54) is 11.6 Å². The molecule has 2 rings (SSSR count). The number of hydrazine groups is 1. The number of nitrogen functional groups attached to an aromatic ring is 1. The van der Waals surface area contributed by atoms with Crippen LogP contribution in [-0.2, 0) is 0 Å². The Hall–Kier alpha value is -2.40. The molecule has 3 N–H and O–H groups in total. The molecule has 1 aromatic carbocycles. The average molecular weight is 285 g/mol. The molecule has 0 aliphatic heterocycles. The van der Waals surface area contributed by atoms with Gasteiger partial charge in [-0.25, -0.2) is 5.84 Å². The quantitative estimate of drug-likeness (QED) is 0.500. The summed E-state index contributed by atoms with van der Waals surface area (Å²) in [6.07, 6.45) is 1.55. The fourth-order valence-electron chi connectivity index (χ4n) is 2.67. The monoisotopic (exact) mass is 285 g/mol. The second kappa shape index (κ2) is 5.54. The van der Waals surface area contributed by atoms with E-state index in [0.717, 1.165) is 22.5 Å². The second-order valence-corrected chi connectivity index (χ2v) is 5.28. The minimum absolute atomic E-state index is 0.0301. The fraction of sp³-hybridized carbons (Fsp3) is 0.250. The maximum atomic E-state index is 11.9. The van der Waals surface area contributed by atoms with E-state index in [9.17, 15) is 9.59 Å². The van der Waals surface area contributed by atoms with Gasteiger partial charge in [0.1, 0.15) is 5.56 Å². The van der Waals surface area contributed by atoms with Crippen LogP contribution in [-0.4, -0.2) is 10.5 Å². The van der Waals surface area contributed by atoms with Crippen LogP contribution >= 0.6 is 0 Å². The SMILES string of the molecule is Cc1cc(C)c(-n2cc(C(=O)NN)c(=O)cc2C)c(C)c1. The summed E-state index contributed by atoms with van der Waals surface area (Å²) in [4.78, 5) is 23.6. The summed E-state index contributed by atoms with van der Waals surface area (Å²) in [6.45, 7) is 7.89. The van der Waals surface area contributed by atoms with E-state index in [2.05, 4.69) is 12.1 Å². The highest BCUT2D eigenvalue weighted by Gasteiger charge is 2.14. The predicted molar refractivity (Wildman–Crippen MR) is 82.6 cm³/mol. The third kappa shape index (κ3) is 2.73. The largest absolute Gasteiger partial charge is 0.320 e. The predicted octanol–water partition coefficient (Wildman–Crippen LogP) is 1.67. The summed E-state index contributed by atoms with van der Waals surface area (Å²) in [6, 6.07) is 5.59. The molecule has 0 fully saturated rings. The number of nitrogens with two attached hydrogens (primary N) is 1. The number of pyridine rings is 1. The molecule has 0 saturated carbocycles. The number of rotatable bonds is 2. The summed E-state index contributed by atoms with van der Waals surface area (Å²) < 4.78 is 1.86. The normalized spacial score (nSPS) is 10.5. The Morgan fingerprint density at radius 3 is 2.19 bits per heavy atom. The molecule has 1 aromatic heterocycles. The van der Waals surface area contributed by atoms with Gasteiger partial charge in [0.25, 0.3) is 5.91 Å². The van der Waals surface area contributed by atoms with Crippen LogP contribution in [0.5, 0.6) is 0 Å². The van der Waals surface area contributed by atoms with Gasteiger partial charge in [-0.1, -0.05) is 17.7 Å². The van der Waals surface area contributed by atoms with Gasteiger partial charge in [0.2, 0.25) is 0 Å². The Labute approximate surface area is 123 Å². The number of aromatic nitrogens is 1. The van der Waals surface area contributed by atoms with E-state index in [1.807, 2.05) is 37.7 Å². The molecule has 5 nitrogen and oxygen atoms in total. The van der Waals surface area contributed by atoms with E-state index in [0.29, 0.717) is 0 Å². The molecule has 0 aliphatic rings. The fourth-order valence-corrected chi connectivity index (χ4v) is 2.67. The van der Waals surface area contributed by atoms with Gasteiger partial charge in [-0.05, 0) is 38.8 Å². The Balaban J connectivity index is 2.76. The van der Waals surface area contributed by atoms with Gasteiger partial charge in [0, 0.05) is 18.0 Å². The Morgan fingerprint density at radius 1 is 1.10 bits per heavy atom. The third-order valence-corrected chi connectivity index (χ3v) is 3.50. The summed E-state index contributed by atoms with van der Waals surface area (Å²) in [5.41, 5.74) is 6.78. The molecule has 2 aromatic rings. The van der Waals surface area contributed by atoms with Crippen molar-refractivity contribution in [3.8, 4) is 5.69 Å². The summed E-state index contributed by atoms with van der Waals surface area (Å²) in [5.74, 6) is 4.54. The van der Waals surface area contributed by atoms with Gasteiger partial charge in [-0.3, -0.25) is 15.0 Å². The van der Waals surface area contributed by atoms with Crippen LogP contribution in [0.3, 0.4) is 0 Å². The third-order valence-electron chi connectivity index (χ3n) is 3.50. The standard InChI is InChI=1S/C16H19N3O2/c1-9-5-10(2)15(11(3)6-9)19-8-13(16(21)18-17)14(20)7-12(19)4/h5-8H,17H2,1-4H3,(H,18,21). The summed E-state index contributed by atoms with van der Waals surface area (Å²) in [5, 5.41) is 0. The zero-order chi connectivity index (χ0) is 15.7. The van der Waals surface area contributed by atoms with Gasteiger partial charge in [-0.15, -0.1) is 0 Å². The zero-order valence-electron chi connectivity index (χ0n) is 12.7. The van der Waals surface area contributed by atoms with Crippen molar-refractivity contribution < 1.29 is 4.79 Å². The molecule has 1 heterocycles. The first-order valence-electron chi connectivity index (χ1n) is 6.67. The number of carbonyl (C=O) groups is 1. The molecular formula is C16H19N3O2. The van der Waals surface area contributed by atoms with Crippen LogP contribution in [0, 0.1) is 27.7 Å². The van der Waals surface area contributed by atoms with Crippen molar-refractivity contribution in [1.82, 2.24) is 9.99 Å². The molecule has 0 atom stereocenters. The zero-order valence-corrected chi connectivity index (χ0v) is 12.7. The smallest absolute Gasteiger partial charge is 0.270 e. The lowest BCUT2D eigenvalue weighted by molar-refractivity contribution is 0.0952. The lowest BCUT2D eigenvalue weighted by Gasteiger charge is -2.18. The first kappa shape index (κ1) is 15.0. The van der Waals surface area contributed by atoms with Gasteiger partial charge in [0.15, 0.2) is 5.43 Å². The summed E-state index contributed by atoms with van der Waals surface area (Å²) in [7, 11) is 0. The van der Waals surface area contributed by atoms with Crippen molar-refractivity contribution in [1.29, 1.82) is 0 Å². The average Bonchev–Trinajstić information content (AvgIpc) is 2.39. The van der Waals surface area contributed by atoms with E-state index < -0.39 is 5.91 Å².